The van der Waals surface area contributed by atoms with Crippen LogP contribution in [0.5, 0.6) is 0 Å². The van der Waals surface area contributed by atoms with Gasteiger partial charge in [0.15, 0.2) is 23.8 Å². The number of aliphatic hydroxyl groups is 2. The summed E-state index contributed by atoms with van der Waals surface area (Å²) in [6.07, 6.45) is 5.83. The van der Waals surface area contributed by atoms with Crippen LogP contribution in [0.4, 0.5) is 4.79 Å². The molecule has 3 aromatic rings. The Bertz CT molecular complexity index is 2900. The molecule has 2 bridgehead atoms. The standard InChI is InChI=1S/C69H91NO18/c1-8-9-10-11-12-13-14-15-16-17-18-19-20-21-31-38-54-80-41-50(84-54)42-81-65(78)86-58(56(47-32-25-22-26-33-47)70-62(75)48-34-27-23-28-35-48)64(77)85-51-40-69(79)61(87-63(76)49-36-29-24-30-37-49)59-67(7,52(73)39-53-68(59,43-82-53)88-46(4)72)60(74)57(83-45(3)71)55(44(51)2)66(69,5)6/h22-30,32-37,50-54,56-59,61,73,79H,8-21,31,38-43H2,1-7H3,(H,70,75)/t50?,51-,52-,53+,54?,56-,57+,58+,59-,61-,67+,68-,69+/m0/s1. The van der Waals surface area contributed by atoms with Gasteiger partial charge < -0.3 is 58.2 Å². The third-order valence-corrected chi connectivity index (χ3v) is 18.9. The van der Waals surface area contributed by atoms with Crippen molar-refractivity contribution in [3.63, 3.8) is 0 Å². The lowest BCUT2D eigenvalue weighted by atomic mass is 9.44. The van der Waals surface area contributed by atoms with E-state index in [1.807, 2.05) is 0 Å². The Kier molecular flexibility index (Phi) is 23.2. The van der Waals surface area contributed by atoms with Gasteiger partial charge in [-0.05, 0) is 67.7 Å². The SMILES string of the molecule is CCCCCCCCCCCCCCCCCC1OCC(COC(=O)O[C@@H](C(=O)O[C@H]2C[C@@]3(O)[C@@H](OC(=O)c4ccccc4)[C@@H]4[C@]5(OC(C)=O)CO[C@@H]5C[C@H](O)[C@@]4(C)C(=O)[C@H](OC(C)=O)C(=C2C)C3(C)C)[C@@H](NC(=O)c2ccccc2)c2ccccc2)O1. The highest BCUT2D eigenvalue weighted by Crippen LogP contribution is 2.64. The summed E-state index contributed by atoms with van der Waals surface area (Å²) in [6, 6.07) is 22.8. The van der Waals surface area contributed by atoms with Crippen LogP contribution in [-0.2, 0) is 61.8 Å². The van der Waals surface area contributed by atoms with Crippen molar-refractivity contribution in [2.24, 2.45) is 16.7 Å². The maximum atomic E-state index is 15.9. The van der Waals surface area contributed by atoms with Gasteiger partial charge in [0.25, 0.3) is 5.91 Å². The highest BCUT2D eigenvalue weighted by Gasteiger charge is 2.78. The second-order valence-electron chi connectivity index (χ2n) is 25.3. The zero-order chi connectivity index (χ0) is 63.2. The number of fused-ring (bicyclic) bond motifs is 5. The van der Waals surface area contributed by atoms with Crippen LogP contribution < -0.4 is 5.32 Å². The van der Waals surface area contributed by atoms with Crippen molar-refractivity contribution in [1.29, 1.82) is 0 Å². The molecule has 2 aliphatic heterocycles. The zero-order valence-corrected chi connectivity index (χ0v) is 52.2. The number of carbonyl (C=O) groups is 7. The molecule has 2 saturated heterocycles. The molecule has 3 aromatic carbocycles. The Morgan fingerprint density at radius 1 is 0.716 bits per heavy atom. The molecular weight excluding hydrogens is 1130 g/mol. The van der Waals surface area contributed by atoms with Crippen LogP contribution in [0.2, 0.25) is 0 Å². The number of nitrogens with one attached hydrogen (secondary N) is 1. The molecule has 3 aliphatic carbocycles. The summed E-state index contributed by atoms with van der Waals surface area (Å²) in [5, 5.41) is 29.3. The Morgan fingerprint density at radius 3 is 1.84 bits per heavy atom. The minimum Gasteiger partial charge on any atom is -0.455 e. The van der Waals surface area contributed by atoms with Crippen molar-refractivity contribution in [2.75, 3.05) is 19.8 Å². The van der Waals surface area contributed by atoms with E-state index in [1.165, 1.54) is 103 Å². The third-order valence-electron chi connectivity index (χ3n) is 18.9. The number of amides is 1. The molecule has 0 radical (unpaired) electrons. The van der Waals surface area contributed by atoms with Crippen molar-refractivity contribution in [3.8, 4) is 0 Å². The number of unbranched alkanes of at least 4 members (excludes halogenated alkanes) is 14. The van der Waals surface area contributed by atoms with Gasteiger partial charge in [-0.3, -0.25) is 19.2 Å². The van der Waals surface area contributed by atoms with Crippen molar-refractivity contribution in [3.05, 3.63) is 119 Å². The lowest BCUT2D eigenvalue weighted by molar-refractivity contribution is -0.346. The predicted molar refractivity (Wildman–Crippen MR) is 322 cm³/mol. The third kappa shape index (κ3) is 15.2. The molecule has 3 N–H and O–H groups in total. The number of Topliss-reactive ketones (excluding diaryl/α,β-unsaturated/α-hetero) is 1. The number of ether oxygens (including phenoxy) is 9. The molecule has 480 valence electrons. The topological polar surface area (TPSA) is 255 Å². The lowest BCUT2D eigenvalue weighted by Gasteiger charge is -2.67. The van der Waals surface area contributed by atoms with Crippen molar-refractivity contribution in [1.82, 2.24) is 5.32 Å². The Hall–Kier alpha value is -6.51. The summed E-state index contributed by atoms with van der Waals surface area (Å²) >= 11 is 0. The second-order valence-corrected chi connectivity index (χ2v) is 25.3. The molecular formula is C69H91NO18. The Labute approximate surface area is 517 Å². The molecule has 4 fully saturated rings. The summed E-state index contributed by atoms with van der Waals surface area (Å²) in [6.45, 7) is 9.97. The quantitative estimate of drug-likeness (QED) is 0.0253. The van der Waals surface area contributed by atoms with E-state index in [0.717, 1.165) is 33.1 Å². The number of benzene rings is 3. The van der Waals surface area contributed by atoms with Crippen LogP contribution in [-0.4, -0.2) is 132 Å². The van der Waals surface area contributed by atoms with E-state index in [4.69, 9.17) is 42.6 Å². The van der Waals surface area contributed by atoms with E-state index < -0.39 is 131 Å². The highest BCUT2D eigenvalue weighted by molar-refractivity contribution is 5.96. The molecule has 5 aliphatic rings. The van der Waals surface area contributed by atoms with Gasteiger partial charge in [-0.2, -0.15) is 0 Å². The van der Waals surface area contributed by atoms with Crippen molar-refractivity contribution >= 4 is 41.7 Å². The number of hydrogen-bond acceptors (Lipinski definition) is 18. The molecule has 0 spiro atoms. The number of esters is 4. The van der Waals surface area contributed by atoms with Crippen LogP contribution in [0.25, 0.3) is 0 Å². The van der Waals surface area contributed by atoms with E-state index in [9.17, 15) is 34.2 Å². The number of aliphatic hydroxyl groups excluding tert-OH is 1. The Balaban J connectivity index is 1.06. The minimum absolute atomic E-state index is 0.0421. The van der Waals surface area contributed by atoms with E-state index >= 15 is 9.59 Å². The molecule has 2 unspecified atom stereocenters. The average molecular weight is 1220 g/mol. The summed E-state index contributed by atoms with van der Waals surface area (Å²) < 4.78 is 54.8. The number of ketones is 1. The van der Waals surface area contributed by atoms with Gasteiger partial charge in [-0.25, -0.2) is 14.4 Å². The largest absolute Gasteiger partial charge is 0.509 e. The van der Waals surface area contributed by atoms with Crippen LogP contribution in [0.1, 0.15) is 196 Å². The number of rotatable bonds is 29. The molecule has 19 nitrogen and oxygen atoms in total. The lowest BCUT2D eigenvalue weighted by Crippen LogP contribution is -2.82. The zero-order valence-electron chi connectivity index (χ0n) is 52.2. The van der Waals surface area contributed by atoms with Crippen LogP contribution in [0, 0.1) is 16.7 Å². The fourth-order valence-corrected chi connectivity index (χ4v) is 14.0. The smallest absolute Gasteiger partial charge is 0.455 e. The Morgan fingerprint density at radius 2 is 1.28 bits per heavy atom. The number of hydrogen-bond donors (Lipinski definition) is 3. The maximum Gasteiger partial charge on any atom is 0.509 e. The second kappa shape index (κ2) is 30.3. The molecule has 88 heavy (non-hydrogen) atoms. The van der Waals surface area contributed by atoms with Gasteiger partial charge in [0.05, 0.1) is 36.2 Å². The first-order chi connectivity index (χ1) is 42.2. The normalized spacial score (nSPS) is 28.4. The average Bonchev–Trinajstić information content (AvgIpc) is 0.817. The van der Waals surface area contributed by atoms with E-state index in [2.05, 4.69) is 12.2 Å². The predicted octanol–water partition coefficient (Wildman–Crippen LogP) is 10.9. The first-order valence-corrected chi connectivity index (χ1v) is 31.8. The molecule has 2 heterocycles. The molecule has 8 rings (SSSR count). The van der Waals surface area contributed by atoms with Crippen molar-refractivity contribution in [2.45, 2.75) is 230 Å². The maximum absolute atomic E-state index is 15.9. The van der Waals surface area contributed by atoms with Crippen molar-refractivity contribution < 1.29 is 86.4 Å². The van der Waals surface area contributed by atoms with Gasteiger partial charge in [-0.15, -0.1) is 0 Å². The molecule has 2 saturated carbocycles. The van der Waals surface area contributed by atoms with E-state index in [1.54, 1.807) is 92.7 Å². The van der Waals surface area contributed by atoms with Crippen LogP contribution in [0.3, 0.4) is 0 Å². The van der Waals surface area contributed by atoms with Gasteiger partial charge in [0.1, 0.15) is 42.7 Å². The molecule has 13 atom stereocenters. The van der Waals surface area contributed by atoms with Crippen LogP contribution >= 0.6 is 0 Å². The molecule has 0 aromatic heterocycles. The molecule has 1 amide bonds. The van der Waals surface area contributed by atoms with Gasteiger partial charge in [0.2, 0.25) is 6.10 Å². The summed E-state index contributed by atoms with van der Waals surface area (Å²) in [5.74, 6) is -7.12. The summed E-state index contributed by atoms with van der Waals surface area (Å²) in [5.41, 5.74) is -7.58. The van der Waals surface area contributed by atoms with Gasteiger partial charge >= 0.3 is 30.0 Å². The summed E-state index contributed by atoms with van der Waals surface area (Å²) in [4.78, 5) is 101. The monoisotopic (exact) mass is 1220 g/mol. The van der Waals surface area contributed by atoms with E-state index in [-0.39, 0.29) is 48.5 Å². The fraction of sp³-hybridized carbons (Fsp3) is 0.609. The minimum atomic E-state index is -2.49. The highest BCUT2D eigenvalue weighted by atomic mass is 16.8. The summed E-state index contributed by atoms with van der Waals surface area (Å²) in [7, 11) is 0. The number of carbonyl (C=O) groups excluding carboxylic acids is 7. The van der Waals surface area contributed by atoms with E-state index in [0.29, 0.717) is 12.0 Å². The van der Waals surface area contributed by atoms with Gasteiger partial charge in [0, 0.05) is 37.7 Å². The first kappa shape index (κ1) is 67.4. The first-order valence-electron chi connectivity index (χ1n) is 31.8. The molecule has 19 heteroatoms. The van der Waals surface area contributed by atoms with Gasteiger partial charge in [-0.1, -0.05) is 177 Å². The fourth-order valence-electron chi connectivity index (χ4n) is 14.0. The van der Waals surface area contributed by atoms with Crippen LogP contribution in [0.15, 0.2) is 102 Å².